The quantitative estimate of drug-likeness (QED) is 0.555. The van der Waals surface area contributed by atoms with E-state index in [2.05, 4.69) is 15.9 Å². The van der Waals surface area contributed by atoms with Gasteiger partial charge >= 0.3 is 11.9 Å². The van der Waals surface area contributed by atoms with Gasteiger partial charge in [-0.3, -0.25) is 9.59 Å². The molecule has 0 radical (unpaired) electrons. The number of aliphatic hydroxyl groups excluding tert-OH is 1. The molecule has 0 bridgehead atoms. The van der Waals surface area contributed by atoms with Crippen LogP contribution >= 0.6 is 15.9 Å². The van der Waals surface area contributed by atoms with E-state index in [0.29, 0.717) is 0 Å². The number of esters is 2. The van der Waals surface area contributed by atoms with E-state index in [1.807, 2.05) is 30.3 Å². The third kappa shape index (κ3) is 5.78. The largest absolute Gasteiger partial charge is 0.463 e. The monoisotopic (exact) mass is 416 g/mol. The average Bonchev–Trinajstić information content (AvgIpc) is 2.56. The second kappa shape index (κ2) is 9.28. The Balaban J connectivity index is 2.08. The van der Waals surface area contributed by atoms with Crippen molar-refractivity contribution in [1.82, 2.24) is 0 Å². The summed E-state index contributed by atoms with van der Waals surface area (Å²) in [5.41, 5.74) is 0.931. The SMILES string of the molecule is CC(=O)OCC1O[C@H](Br)[C@H](OCc2ccccc2)C(OC(C)=O)[C@@H]1O. The Morgan fingerprint density at radius 3 is 2.44 bits per heavy atom. The standard InChI is InChI=1S/C17H21BrO7/c1-10(19)22-9-13-14(21)15(24-11(2)20)16(17(18)25-13)23-8-12-6-4-3-5-7-12/h3-7,13-17,21H,8-9H2,1-2H3/t13?,14-,15?,16-,17+/m1/s1. The third-order valence-corrected chi connectivity index (χ3v) is 4.38. The highest BCUT2D eigenvalue weighted by atomic mass is 79.9. The lowest BCUT2D eigenvalue weighted by Crippen LogP contribution is -2.59. The van der Waals surface area contributed by atoms with E-state index in [1.165, 1.54) is 13.8 Å². The fraction of sp³-hybridized carbons (Fsp3) is 0.529. The van der Waals surface area contributed by atoms with Crippen LogP contribution in [0.25, 0.3) is 0 Å². The number of carbonyl (C=O) groups excluding carboxylic acids is 2. The predicted octanol–water partition coefficient (Wildman–Crippen LogP) is 1.55. The van der Waals surface area contributed by atoms with Crippen molar-refractivity contribution in [3.8, 4) is 0 Å². The number of halogens is 1. The molecule has 1 aliphatic heterocycles. The maximum absolute atomic E-state index is 11.4. The molecule has 138 valence electrons. The Bertz CT molecular complexity index is 580. The molecule has 0 aromatic heterocycles. The number of hydrogen-bond donors (Lipinski definition) is 1. The third-order valence-electron chi connectivity index (χ3n) is 3.64. The van der Waals surface area contributed by atoms with E-state index in [4.69, 9.17) is 18.9 Å². The first-order valence-corrected chi connectivity index (χ1v) is 8.73. The van der Waals surface area contributed by atoms with Crippen molar-refractivity contribution in [1.29, 1.82) is 0 Å². The van der Waals surface area contributed by atoms with Gasteiger partial charge in [0.25, 0.3) is 0 Å². The summed E-state index contributed by atoms with van der Waals surface area (Å²) in [6.07, 6.45) is -3.72. The van der Waals surface area contributed by atoms with Crippen molar-refractivity contribution in [2.45, 2.75) is 49.9 Å². The van der Waals surface area contributed by atoms with Crippen LogP contribution in [-0.2, 0) is 35.1 Å². The Labute approximate surface area is 154 Å². The summed E-state index contributed by atoms with van der Waals surface area (Å²) in [5.74, 6) is -1.04. The first kappa shape index (κ1) is 19.8. The maximum atomic E-state index is 11.4. The van der Waals surface area contributed by atoms with Crippen molar-refractivity contribution in [2.24, 2.45) is 0 Å². The second-order valence-electron chi connectivity index (χ2n) is 5.65. The lowest BCUT2D eigenvalue weighted by Gasteiger charge is -2.41. The number of hydrogen-bond acceptors (Lipinski definition) is 7. The fourth-order valence-corrected chi connectivity index (χ4v) is 3.21. The van der Waals surface area contributed by atoms with Crippen molar-refractivity contribution < 1.29 is 33.6 Å². The van der Waals surface area contributed by atoms with Crippen LogP contribution in [0.1, 0.15) is 19.4 Å². The summed E-state index contributed by atoms with van der Waals surface area (Å²) < 4.78 is 21.6. The minimum Gasteiger partial charge on any atom is -0.463 e. The molecule has 7 nitrogen and oxygen atoms in total. The molecular weight excluding hydrogens is 396 g/mol. The summed E-state index contributed by atoms with van der Waals surface area (Å²) in [4.78, 5) is 22.4. The van der Waals surface area contributed by atoms with Crippen LogP contribution in [0.4, 0.5) is 0 Å². The first-order valence-electron chi connectivity index (χ1n) is 7.82. The lowest BCUT2D eigenvalue weighted by atomic mass is 10.00. The highest BCUT2D eigenvalue weighted by Crippen LogP contribution is 2.30. The smallest absolute Gasteiger partial charge is 0.303 e. The van der Waals surface area contributed by atoms with Gasteiger partial charge in [0.2, 0.25) is 0 Å². The predicted molar refractivity (Wildman–Crippen MR) is 90.8 cm³/mol. The molecule has 1 aromatic rings. The normalized spacial score (nSPS) is 29.0. The molecular formula is C17H21BrO7. The van der Waals surface area contributed by atoms with Gasteiger partial charge in [0.15, 0.2) is 6.10 Å². The number of carbonyl (C=O) groups is 2. The van der Waals surface area contributed by atoms with Crippen molar-refractivity contribution in [3.63, 3.8) is 0 Å². The van der Waals surface area contributed by atoms with Crippen LogP contribution < -0.4 is 0 Å². The number of ether oxygens (including phenoxy) is 4. The van der Waals surface area contributed by atoms with Gasteiger partial charge in [-0.2, -0.15) is 0 Å². The van der Waals surface area contributed by atoms with Crippen LogP contribution in [0.15, 0.2) is 30.3 Å². The molecule has 0 aliphatic carbocycles. The molecule has 0 saturated carbocycles. The van der Waals surface area contributed by atoms with Crippen molar-refractivity contribution in [2.75, 3.05) is 6.61 Å². The molecule has 0 spiro atoms. The summed E-state index contributed by atoms with van der Waals surface area (Å²) in [6, 6.07) is 9.46. The second-order valence-corrected chi connectivity index (χ2v) is 6.56. The zero-order valence-corrected chi connectivity index (χ0v) is 15.5. The molecule has 1 heterocycles. The van der Waals surface area contributed by atoms with Crippen molar-refractivity contribution in [3.05, 3.63) is 35.9 Å². The van der Waals surface area contributed by atoms with E-state index in [1.54, 1.807) is 0 Å². The molecule has 0 amide bonds. The maximum Gasteiger partial charge on any atom is 0.303 e. The summed E-state index contributed by atoms with van der Waals surface area (Å²) in [7, 11) is 0. The van der Waals surface area contributed by atoms with Gasteiger partial charge < -0.3 is 24.1 Å². The number of benzene rings is 1. The Morgan fingerprint density at radius 2 is 1.84 bits per heavy atom. The Kier molecular flexibility index (Phi) is 7.37. The molecule has 2 rings (SSSR count). The average molecular weight is 417 g/mol. The van der Waals surface area contributed by atoms with E-state index in [0.717, 1.165) is 5.56 Å². The molecule has 1 aromatic carbocycles. The molecule has 25 heavy (non-hydrogen) atoms. The zero-order valence-electron chi connectivity index (χ0n) is 14.0. The molecule has 1 fully saturated rings. The molecule has 5 atom stereocenters. The van der Waals surface area contributed by atoms with Crippen molar-refractivity contribution >= 4 is 27.9 Å². The lowest BCUT2D eigenvalue weighted by molar-refractivity contribution is -0.232. The zero-order chi connectivity index (χ0) is 18.4. The topological polar surface area (TPSA) is 91.3 Å². The summed E-state index contributed by atoms with van der Waals surface area (Å²) >= 11 is 3.34. The van der Waals surface area contributed by atoms with Crippen LogP contribution in [0.5, 0.6) is 0 Å². The fourth-order valence-electron chi connectivity index (χ4n) is 2.48. The van der Waals surface area contributed by atoms with E-state index >= 15 is 0 Å². The minimum absolute atomic E-state index is 0.151. The van der Waals surface area contributed by atoms with Crippen LogP contribution in [-0.4, -0.2) is 53.1 Å². The van der Waals surface area contributed by atoms with E-state index in [9.17, 15) is 14.7 Å². The van der Waals surface area contributed by atoms with Gasteiger partial charge in [-0.15, -0.1) is 0 Å². The van der Waals surface area contributed by atoms with Gasteiger partial charge in [-0.25, -0.2) is 0 Å². The van der Waals surface area contributed by atoms with E-state index < -0.39 is 41.4 Å². The number of alkyl halides is 1. The van der Waals surface area contributed by atoms with Gasteiger partial charge in [0.1, 0.15) is 29.9 Å². The highest BCUT2D eigenvalue weighted by Gasteiger charge is 2.47. The van der Waals surface area contributed by atoms with Crippen LogP contribution in [0.2, 0.25) is 0 Å². The van der Waals surface area contributed by atoms with Crippen LogP contribution in [0.3, 0.4) is 0 Å². The van der Waals surface area contributed by atoms with Gasteiger partial charge in [0, 0.05) is 13.8 Å². The van der Waals surface area contributed by atoms with Gasteiger partial charge in [-0.05, 0) is 5.56 Å². The molecule has 2 unspecified atom stereocenters. The first-order chi connectivity index (χ1) is 11.9. The van der Waals surface area contributed by atoms with Crippen LogP contribution in [0, 0.1) is 0 Å². The summed E-state index contributed by atoms with van der Waals surface area (Å²) in [5, 5.41) is 9.83. The Hall–Kier alpha value is -1.48. The molecule has 8 heteroatoms. The minimum atomic E-state index is -1.20. The van der Waals surface area contributed by atoms with Gasteiger partial charge in [-0.1, -0.05) is 46.3 Å². The number of rotatable bonds is 6. The molecule has 1 N–H and O–H groups in total. The number of aliphatic hydroxyl groups is 1. The molecule has 1 aliphatic rings. The highest BCUT2D eigenvalue weighted by molar-refractivity contribution is 9.09. The van der Waals surface area contributed by atoms with E-state index in [-0.39, 0.29) is 13.2 Å². The Morgan fingerprint density at radius 1 is 1.16 bits per heavy atom. The summed E-state index contributed by atoms with van der Waals surface area (Å²) in [6.45, 7) is 2.62. The van der Waals surface area contributed by atoms with Gasteiger partial charge in [0.05, 0.1) is 6.61 Å². The molecule has 1 saturated heterocycles.